The molecule has 0 saturated carbocycles. The van der Waals surface area contributed by atoms with Crippen molar-refractivity contribution >= 4 is 39.7 Å². The van der Waals surface area contributed by atoms with Crippen LogP contribution < -0.4 is 11.1 Å². The van der Waals surface area contributed by atoms with Crippen LogP contribution in [0.2, 0.25) is 0 Å². The molecule has 3 rings (SSSR count). The summed E-state index contributed by atoms with van der Waals surface area (Å²) in [4.78, 5) is 36.0. The van der Waals surface area contributed by atoms with E-state index in [1.165, 1.54) is 16.2 Å². The van der Waals surface area contributed by atoms with Crippen molar-refractivity contribution < 1.29 is 9.59 Å². The van der Waals surface area contributed by atoms with Crippen molar-refractivity contribution in [2.75, 3.05) is 11.9 Å². The van der Waals surface area contributed by atoms with Crippen molar-refractivity contribution in [2.24, 2.45) is 11.7 Å². The van der Waals surface area contributed by atoms with E-state index in [1.807, 2.05) is 19.2 Å². The van der Waals surface area contributed by atoms with Gasteiger partial charge < -0.3 is 10.6 Å². The molecule has 2 aromatic heterocycles. The zero-order chi connectivity index (χ0) is 19.9. The van der Waals surface area contributed by atoms with Crippen LogP contribution in [-0.2, 0) is 10.2 Å². The molecule has 0 radical (unpaired) electrons. The van der Waals surface area contributed by atoms with Gasteiger partial charge in [0, 0.05) is 17.3 Å². The summed E-state index contributed by atoms with van der Waals surface area (Å²) in [5.74, 6) is -0.406. The van der Waals surface area contributed by atoms with Gasteiger partial charge in [0.1, 0.15) is 6.04 Å². The average Bonchev–Trinajstić information content (AvgIpc) is 3.24. The lowest BCUT2D eigenvalue weighted by atomic mass is 9.98. The molecule has 1 saturated heterocycles. The van der Waals surface area contributed by atoms with E-state index in [2.05, 4.69) is 31.1 Å². The lowest BCUT2D eigenvalue weighted by molar-refractivity contribution is -0.122. The first-order valence-corrected chi connectivity index (χ1v) is 10.6. The van der Waals surface area contributed by atoms with Gasteiger partial charge in [-0.3, -0.25) is 10.1 Å². The number of nitrogens with two attached hydrogens (primary N) is 1. The molecule has 2 aromatic rings. The summed E-state index contributed by atoms with van der Waals surface area (Å²) in [6, 6.07) is -0.907. The topological polar surface area (TPSA) is 101 Å². The molecule has 9 heteroatoms. The second kappa shape index (κ2) is 7.20. The van der Waals surface area contributed by atoms with Gasteiger partial charge in [-0.1, -0.05) is 39.0 Å². The minimum absolute atomic E-state index is 0.00518. The first-order valence-electron chi connectivity index (χ1n) is 8.88. The lowest BCUT2D eigenvalue weighted by Gasteiger charge is -2.23. The standard InChI is InChI=1S/C18H25N5O2S2/c1-9-6-7-23(12(9)14(19)24)17(25)22-16-20-10(2)13(27-16)11-8-26-15(21-11)18(3,4)5/h8-9,12H,6-7H2,1-5H3,(H2,19,24)(H,20,22,25)/t9-,12-/m0/s1. The van der Waals surface area contributed by atoms with Gasteiger partial charge >= 0.3 is 6.03 Å². The molecule has 0 unspecified atom stereocenters. The van der Waals surface area contributed by atoms with Crippen LogP contribution in [0.1, 0.15) is 44.8 Å². The predicted molar refractivity (Wildman–Crippen MR) is 109 cm³/mol. The fraction of sp³-hybridized carbons (Fsp3) is 0.556. The average molecular weight is 408 g/mol. The zero-order valence-electron chi connectivity index (χ0n) is 16.2. The summed E-state index contributed by atoms with van der Waals surface area (Å²) in [6.45, 7) is 10.7. The Labute approximate surface area is 167 Å². The Morgan fingerprint density at radius 1 is 1.33 bits per heavy atom. The third-order valence-electron chi connectivity index (χ3n) is 4.64. The van der Waals surface area contributed by atoms with Gasteiger partial charge in [0.25, 0.3) is 0 Å². The van der Waals surface area contributed by atoms with Crippen LogP contribution in [0.3, 0.4) is 0 Å². The molecule has 1 aliphatic rings. The third-order valence-corrected chi connectivity index (χ3v) is 7.00. The number of anilines is 1. The lowest BCUT2D eigenvalue weighted by Crippen LogP contribution is -2.47. The number of likely N-dealkylation sites (tertiary alicyclic amines) is 1. The summed E-state index contributed by atoms with van der Waals surface area (Å²) in [5, 5.41) is 6.41. The summed E-state index contributed by atoms with van der Waals surface area (Å²) in [5.41, 5.74) is 7.17. The molecule has 7 nitrogen and oxygen atoms in total. The molecular weight excluding hydrogens is 382 g/mol. The maximum Gasteiger partial charge on any atom is 0.324 e. The summed E-state index contributed by atoms with van der Waals surface area (Å²) in [6.07, 6.45) is 0.761. The van der Waals surface area contributed by atoms with Crippen LogP contribution in [0.25, 0.3) is 10.6 Å². The monoisotopic (exact) mass is 407 g/mol. The number of nitrogens with one attached hydrogen (secondary N) is 1. The maximum absolute atomic E-state index is 12.6. The normalized spacial score (nSPS) is 20.1. The highest BCUT2D eigenvalue weighted by molar-refractivity contribution is 7.19. The first-order chi connectivity index (χ1) is 12.6. The molecular formula is C18H25N5O2S2. The summed E-state index contributed by atoms with van der Waals surface area (Å²) in [7, 11) is 0. The quantitative estimate of drug-likeness (QED) is 0.811. The number of nitrogens with zero attached hydrogens (tertiary/aromatic N) is 3. The molecule has 146 valence electrons. The Morgan fingerprint density at radius 2 is 2.04 bits per heavy atom. The van der Waals surface area contributed by atoms with Crippen molar-refractivity contribution in [2.45, 2.75) is 52.5 Å². The largest absolute Gasteiger partial charge is 0.368 e. The van der Waals surface area contributed by atoms with E-state index in [4.69, 9.17) is 10.7 Å². The van der Waals surface area contributed by atoms with Crippen molar-refractivity contribution in [1.82, 2.24) is 14.9 Å². The number of carbonyl (C=O) groups excluding carboxylic acids is 2. The van der Waals surface area contributed by atoms with Crippen LogP contribution in [0.5, 0.6) is 0 Å². The number of thiazole rings is 2. The van der Waals surface area contributed by atoms with Crippen LogP contribution in [-0.4, -0.2) is 39.4 Å². The molecule has 0 aliphatic carbocycles. The highest BCUT2D eigenvalue weighted by Gasteiger charge is 2.38. The van der Waals surface area contributed by atoms with E-state index in [0.717, 1.165) is 27.7 Å². The Balaban J connectivity index is 1.78. The van der Waals surface area contributed by atoms with Gasteiger partial charge in [0.05, 0.1) is 21.3 Å². The van der Waals surface area contributed by atoms with Gasteiger partial charge in [0.15, 0.2) is 5.13 Å². The van der Waals surface area contributed by atoms with Crippen molar-refractivity contribution in [1.29, 1.82) is 0 Å². The summed E-state index contributed by atoms with van der Waals surface area (Å²) < 4.78 is 0. The molecule has 3 amide bonds. The Bertz CT molecular complexity index is 867. The molecule has 1 fully saturated rings. The van der Waals surface area contributed by atoms with Gasteiger partial charge in [-0.25, -0.2) is 14.8 Å². The number of carbonyl (C=O) groups is 2. The highest BCUT2D eigenvalue weighted by Crippen LogP contribution is 2.36. The number of primary amides is 1. The number of aryl methyl sites for hydroxylation is 1. The van der Waals surface area contributed by atoms with Crippen LogP contribution in [0, 0.1) is 12.8 Å². The second-order valence-electron chi connectivity index (χ2n) is 7.96. The van der Waals surface area contributed by atoms with Crippen LogP contribution in [0.4, 0.5) is 9.93 Å². The van der Waals surface area contributed by atoms with E-state index < -0.39 is 11.9 Å². The Hall–Kier alpha value is -2.00. The highest BCUT2D eigenvalue weighted by atomic mass is 32.1. The third kappa shape index (κ3) is 3.98. The predicted octanol–water partition coefficient (Wildman–Crippen LogP) is 3.60. The van der Waals surface area contributed by atoms with Crippen LogP contribution in [0.15, 0.2) is 5.38 Å². The zero-order valence-corrected chi connectivity index (χ0v) is 17.8. The van der Waals surface area contributed by atoms with E-state index in [0.29, 0.717) is 11.7 Å². The maximum atomic E-state index is 12.6. The fourth-order valence-corrected chi connectivity index (χ4v) is 5.07. The van der Waals surface area contributed by atoms with Crippen molar-refractivity contribution in [3.8, 4) is 10.6 Å². The van der Waals surface area contributed by atoms with Crippen LogP contribution >= 0.6 is 22.7 Å². The summed E-state index contributed by atoms with van der Waals surface area (Å²) >= 11 is 3.02. The first kappa shape index (κ1) is 19.8. The SMILES string of the molecule is Cc1nc(NC(=O)N2CC[C@H](C)[C@H]2C(N)=O)sc1-c1csc(C(C)(C)C)n1. The molecule has 27 heavy (non-hydrogen) atoms. The van der Waals surface area contributed by atoms with Gasteiger partial charge in [-0.2, -0.15) is 0 Å². The van der Waals surface area contributed by atoms with E-state index in [1.54, 1.807) is 11.3 Å². The van der Waals surface area contributed by atoms with E-state index in [9.17, 15) is 9.59 Å². The number of aromatic nitrogens is 2. The Morgan fingerprint density at radius 3 is 2.63 bits per heavy atom. The molecule has 3 heterocycles. The molecule has 1 aliphatic heterocycles. The second-order valence-corrected chi connectivity index (χ2v) is 9.82. The van der Waals surface area contributed by atoms with Gasteiger partial charge in [-0.15, -0.1) is 11.3 Å². The number of amides is 3. The molecule has 2 atom stereocenters. The van der Waals surface area contributed by atoms with Crippen molar-refractivity contribution in [3.63, 3.8) is 0 Å². The van der Waals surface area contributed by atoms with Gasteiger partial charge in [-0.05, 0) is 19.3 Å². The minimum atomic E-state index is -0.571. The molecule has 0 bridgehead atoms. The number of hydrogen-bond donors (Lipinski definition) is 2. The van der Waals surface area contributed by atoms with Gasteiger partial charge in [0.2, 0.25) is 5.91 Å². The number of rotatable bonds is 3. The van der Waals surface area contributed by atoms with Crippen molar-refractivity contribution in [3.05, 3.63) is 16.1 Å². The molecule has 3 N–H and O–H groups in total. The number of hydrogen-bond acceptors (Lipinski definition) is 6. The molecule has 0 aromatic carbocycles. The molecule has 0 spiro atoms. The number of urea groups is 1. The van der Waals surface area contributed by atoms with E-state index >= 15 is 0 Å². The smallest absolute Gasteiger partial charge is 0.324 e. The fourth-order valence-electron chi connectivity index (χ4n) is 3.18. The Kier molecular flexibility index (Phi) is 5.27. The van der Waals surface area contributed by atoms with E-state index in [-0.39, 0.29) is 17.4 Å². The minimum Gasteiger partial charge on any atom is -0.368 e.